The fourth-order valence-corrected chi connectivity index (χ4v) is 2.64. The van der Waals surface area contributed by atoms with Crippen molar-refractivity contribution in [3.63, 3.8) is 0 Å². The number of pyridine rings is 1. The predicted octanol–water partition coefficient (Wildman–Crippen LogP) is 2.71. The molecule has 0 bridgehead atoms. The van der Waals surface area contributed by atoms with Gasteiger partial charge in [0.2, 0.25) is 0 Å². The van der Waals surface area contributed by atoms with Gasteiger partial charge in [-0.1, -0.05) is 24.3 Å². The van der Waals surface area contributed by atoms with Crippen LogP contribution in [0.2, 0.25) is 0 Å². The van der Waals surface area contributed by atoms with Crippen molar-refractivity contribution in [1.82, 2.24) is 10.0 Å². The zero-order chi connectivity index (χ0) is 14.5. The number of benzene rings is 1. The van der Waals surface area contributed by atoms with Crippen molar-refractivity contribution in [1.29, 1.82) is 0 Å². The Morgan fingerprint density at radius 1 is 1.24 bits per heavy atom. The topological polar surface area (TPSA) is 45.6 Å². The third kappa shape index (κ3) is 3.80. The van der Waals surface area contributed by atoms with E-state index in [9.17, 15) is 5.21 Å². The van der Waals surface area contributed by atoms with Gasteiger partial charge >= 0.3 is 0 Å². The molecule has 0 saturated heterocycles. The van der Waals surface area contributed by atoms with E-state index in [0.29, 0.717) is 13.1 Å². The predicted molar refractivity (Wildman–Crippen MR) is 80.5 cm³/mol. The molecule has 0 aliphatic carbocycles. The van der Waals surface area contributed by atoms with E-state index in [1.54, 1.807) is 6.20 Å². The number of hydroxylamine groups is 2. The Morgan fingerprint density at radius 3 is 3.00 bits per heavy atom. The molecule has 1 aliphatic heterocycles. The zero-order valence-electron chi connectivity index (χ0n) is 12.0. The molecule has 2 aromatic rings. The Hall–Kier alpha value is -1.91. The van der Waals surface area contributed by atoms with E-state index in [-0.39, 0.29) is 6.10 Å². The molecule has 1 aliphatic rings. The van der Waals surface area contributed by atoms with Gasteiger partial charge in [0.15, 0.2) is 0 Å². The summed E-state index contributed by atoms with van der Waals surface area (Å²) >= 11 is 0. The van der Waals surface area contributed by atoms with Crippen molar-refractivity contribution in [2.24, 2.45) is 0 Å². The Bertz CT molecular complexity index is 574. The molecular formula is C17H20N2O2. The van der Waals surface area contributed by atoms with Crippen LogP contribution in [-0.2, 0) is 12.8 Å². The number of hydrogen-bond acceptors (Lipinski definition) is 4. The van der Waals surface area contributed by atoms with Gasteiger partial charge in [-0.25, -0.2) is 0 Å². The normalized spacial score (nSPS) is 17.3. The van der Waals surface area contributed by atoms with Crippen molar-refractivity contribution in [2.45, 2.75) is 25.4 Å². The van der Waals surface area contributed by atoms with E-state index in [4.69, 9.17) is 4.74 Å². The van der Waals surface area contributed by atoms with Gasteiger partial charge in [0.1, 0.15) is 11.9 Å². The first kappa shape index (κ1) is 14.0. The van der Waals surface area contributed by atoms with Crippen LogP contribution in [0.3, 0.4) is 0 Å². The molecule has 0 fully saturated rings. The van der Waals surface area contributed by atoms with Crippen LogP contribution in [0.5, 0.6) is 5.75 Å². The second kappa shape index (κ2) is 6.70. The van der Waals surface area contributed by atoms with Gasteiger partial charge in [-0.15, -0.1) is 0 Å². The summed E-state index contributed by atoms with van der Waals surface area (Å²) in [6.07, 6.45) is 6.39. The molecular weight excluding hydrogens is 264 g/mol. The number of para-hydroxylation sites is 1. The van der Waals surface area contributed by atoms with Crippen molar-refractivity contribution >= 4 is 0 Å². The molecule has 1 aromatic heterocycles. The molecule has 110 valence electrons. The summed E-state index contributed by atoms with van der Waals surface area (Å²) in [4.78, 5) is 4.08. The SMILES string of the molecule is ON(CCc1cccnc1)C[C@H]1CCc2ccccc2O1. The maximum atomic E-state index is 10.0. The maximum absolute atomic E-state index is 10.0. The first-order chi connectivity index (χ1) is 10.3. The molecule has 1 atom stereocenters. The van der Waals surface area contributed by atoms with E-state index in [0.717, 1.165) is 30.6 Å². The first-order valence-corrected chi connectivity index (χ1v) is 7.38. The van der Waals surface area contributed by atoms with Gasteiger partial charge in [-0.05, 0) is 42.5 Å². The summed E-state index contributed by atoms with van der Waals surface area (Å²) in [5.41, 5.74) is 2.39. The van der Waals surface area contributed by atoms with Gasteiger partial charge < -0.3 is 9.94 Å². The maximum Gasteiger partial charge on any atom is 0.122 e. The van der Waals surface area contributed by atoms with Crippen LogP contribution in [-0.4, -0.2) is 34.4 Å². The summed E-state index contributed by atoms with van der Waals surface area (Å²) in [5.74, 6) is 0.953. The van der Waals surface area contributed by atoms with Gasteiger partial charge in [0, 0.05) is 18.9 Å². The number of ether oxygens (including phenoxy) is 1. The lowest BCUT2D eigenvalue weighted by Gasteiger charge is -2.28. The van der Waals surface area contributed by atoms with E-state index >= 15 is 0 Å². The second-order valence-corrected chi connectivity index (χ2v) is 5.41. The lowest BCUT2D eigenvalue weighted by Crippen LogP contribution is -2.36. The summed E-state index contributed by atoms with van der Waals surface area (Å²) in [7, 11) is 0. The number of aromatic nitrogens is 1. The molecule has 0 saturated carbocycles. The average Bonchev–Trinajstić information content (AvgIpc) is 2.54. The van der Waals surface area contributed by atoms with Crippen LogP contribution in [0.4, 0.5) is 0 Å². The molecule has 0 unspecified atom stereocenters. The molecule has 4 heteroatoms. The zero-order valence-corrected chi connectivity index (χ0v) is 12.0. The van der Waals surface area contributed by atoms with Crippen molar-refractivity contribution in [2.75, 3.05) is 13.1 Å². The fourth-order valence-electron chi connectivity index (χ4n) is 2.64. The van der Waals surface area contributed by atoms with Gasteiger partial charge in [0.25, 0.3) is 0 Å². The smallest absolute Gasteiger partial charge is 0.122 e. The number of nitrogens with zero attached hydrogens (tertiary/aromatic N) is 2. The summed E-state index contributed by atoms with van der Waals surface area (Å²) < 4.78 is 5.94. The average molecular weight is 284 g/mol. The minimum atomic E-state index is 0.0544. The molecule has 0 radical (unpaired) electrons. The Kier molecular flexibility index (Phi) is 4.48. The summed E-state index contributed by atoms with van der Waals surface area (Å²) in [5, 5.41) is 11.4. The first-order valence-electron chi connectivity index (χ1n) is 7.38. The van der Waals surface area contributed by atoms with Crippen LogP contribution < -0.4 is 4.74 Å². The summed E-state index contributed by atoms with van der Waals surface area (Å²) in [6, 6.07) is 12.1. The van der Waals surface area contributed by atoms with E-state index in [1.165, 1.54) is 10.6 Å². The van der Waals surface area contributed by atoms with Crippen LogP contribution in [0.25, 0.3) is 0 Å². The largest absolute Gasteiger partial charge is 0.489 e. The van der Waals surface area contributed by atoms with Crippen LogP contribution >= 0.6 is 0 Å². The standard InChI is InChI=1S/C17H20N2O2/c20-19(11-9-14-4-3-10-18-12-14)13-16-8-7-15-5-1-2-6-17(15)21-16/h1-6,10,12,16,20H,7-9,11,13H2/t16-/m1/s1. The van der Waals surface area contributed by atoms with Crippen molar-refractivity contribution < 1.29 is 9.94 Å². The van der Waals surface area contributed by atoms with E-state index in [1.807, 2.05) is 36.5 Å². The van der Waals surface area contributed by atoms with Gasteiger partial charge in [-0.3, -0.25) is 4.98 Å². The van der Waals surface area contributed by atoms with Crippen LogP contribution in [0.1, 0.15) is 17.5 Å². The minimum Gasteiger partial charge on any atom is -0.489 e. The fraction of sp³-hybridized carbons (Fsp3) is 0.353. The third-order valence-corrected chi connectivity index (χ3v) is 3.80. The highest BCUT2D eigenvalue weighted by Crippen LogP contribution is 2.27. The third-order valence-electron chi connectivity index (χ3n) is 3.80. The molecule has 21 heavy (non-hydrogen) atoms. The Balaban J connectivity index is 1.49. The van der Waals surface area contributed by atoms with Gasteiger partial charge in [-0.2, -0.15) is 5.06 Å². The molecule has 4 nitrogen and oxygen atoms in total. The number of hydrogen-bond donors (Lipinski definition) is 1. The quantitative estimate of drug-likeness (QED) is 0.858. The van der Waals surface area contributed by atoms with Crippen LogP contribution in [0, 0.1) is 0 Å². The lowest BCUT2D eigenvalue weighted by molar-refractivity contribution is -0.110. The van der Waals surface area contributed by atoms with Crippen molar-refractivity contribution in [3.05, 3.63) is 59.9 Å². The highest BCUT2D eigenvalue weighted by Gasteiger charge is 2.21. The number of fused-ring (bicyclic) bond motifs is 1. The monoisotopic (exact) mass is 284 g/mol. The molecule has 0 amide bonds. The molecule has 1 aromatic carbocycles. The minimum absolute atomic E-state index is 0.0544. The van der Waals surface area contributed by atoms with Crippen LogP contribution in [0.15, 0.2) is 48.8 Å². The Labute approximate surface area is 125 Å². The highest BCUT2D eigenvalue weighted by atomic mass is 16.5. The molecule has 3 rings (SSSR count). The number of rotatable bonds is 5. The van der Waals surface area contributed by atoms with E-state index < -0.39 is 0 Å². The molecule has 1 N–H and O–H groups in total. The second-order valence-electron chi connectivity index (χ2n) is 5.41. The highest BCUT2D eigenvalue weighted by molar-refractivity contribution is 5.35. The van der Waals surface area contributed by atoms with E-state index in [2.05, 4.69) is 11.1 Å². The number of aryl methyl sites for hydroxylation is 1. The summed E-state index contributed by atoms with van der Waals surface area (Å²) in [6.45, 7) is 1.13. The van der Waals surface area contributed by atoms with Crippen molar-refractivity contribution in [3.8, 4) is 5.75 Å². The lowest BCUT2D eigenvalue weighted by atomic mass is 10.0. The molecule has 0 spiro atoms. The molecule has 2 heterocycles. The Morgan fingerprint density at radius 2 is 2.14 bits per heavy atom. The van der Waals surface area contributed by atoms with Gasteiger partial charge in [0.05, 0.1) is 6.54 Å².